The fourth-order valence-electron chi connectivity index (χ4n) is 5.55. The molecular weight excluding hydrogens is 462 g/mol. The molecule has 1 aromatic heterocycles. The van der Waals surface area contributed by atoms with Crippen molar-refractivity contribution in [2.45, 2.75) is 105 Å². The molecule has 1 saturated carbocycles. The van der Waals surface area contributed by atoms with E-state index in [-0.39, 0.29) is 23.5 Å². The molecule has 7 atom stereocenters. The fraction of sp³-hybridized carbons (Fsp3) is 0.750. The van der Waals surface area contributed by atoms with Gasteiger partial charge in [0, 0.05) is 11.3 Å². The molecule has 0 amide bonds. The second-order valence-electron chi connectivity index (χ2n) is 11.9. The molecule has 1 aliphatic carbocycles. The van der Waals surface area contributed by atoms with Gasteiger partial charge in [0.2, 0.25) is 0 Å². The first kappa shape index (κ1) is 28.0. The average molecular weight is 506 g/mol. The number of Topliss-reactive ketones (excluding diaryl/α,β-unsaturated/α-hetero) is 1. The van der Waals surface area contributed by atoms with Crippen LogP contribution in [0, 0.1) is 35.5 Å². The molecule has 1 aromatic rings. The maximum absolute atomic E-state index is 13.2. The van der Waals surface area contributed by atoms with Crippen LogP contribution in [-0.2, 0) is 14.3 Å². The fourth-order valence-corrected chi connectivity index (χ4v) is 6.12. The van der Waals surface area contributed by atoms with Gasteiger partial charge in [-0.1, -0.05) is 41.0 Å². The zero-order valence-corrected chi connectivity index (χ0v) is 23.2. The number of aliphatic hydroxyl groups is 2. The number of ketones is 1. The summed E-state index contributed by atoms with van der Waals surface area (Å²) in [5.41, 5.74) is 0.825. The Kier molecular flexibility index (Phi) is 8.65. The lowest BCUT2D eigenvalue weighted by Gasteiger charge is -2.34. The molecule has 2 fully saturated rings. The molecule has 1 saturated heterocycles. The Morgan fingerprint density at radius 3 is 2.54 bits per heavy atom. The molecule has 3 rings (SSSR count). The summed E-state index contributed by atoms with van der Waals surface area (Å²) in [4.78, 5) is 30.7. The molecule has 7 heteroatoms. The molecule has 0 bridgehead atoms. The number of hydrogen-bond donors (Lipinski definition) is 2. The van der Waals surface area contributed by atoms with Crippen molar-refractivity contribution in [3.05, 3.63) is 21.7 Å². The zero-order valence-electron chi connectivity index (χ0n) is 22.3. The van der Waals surface area contributed by atoms with Crippen molar-refractivity contribution in [1.82, 2.24) is 4.98 Å². The van der Waals surface area contributed by atoms with Crippen molar-refractivity contribution < 1.29 is 24.5 Å². The van der Waals surface area contributed by atoms with Gasteiger partial charge in [-0.15, -0.1) is 11.3 Å². The topological polar surface area (TPSA) is 96.7 Å². The number of carbonyl (C=O) groups excluding carboxylic acids is 2. The second kappa shape index (κ2) is 10.8. The Hall–Kier alpha value is -1.57. The van der Waals surface area contributed by atoms with E-state index in [4.69, 9.17) is 4.74 Å². The molecular formula is C28H43NO5S. The molecule has 2 heterocycles. The van der Waals surface area contributed by atoms with Gasteiger partial charge in [-0.05, 0) is 68.4 Å². The maximum Gasteiger partial charge on any atom is 0.309 e. The first-order valence-electron chi connectivity index (χ1n) is 12.9. The van der Waals surface area contributed by atoms with E-state index < -0.39 is 35.6 Å². The van der Waals surface area contributed by atoms with Crippen LogP contribution in [0.3, 0.4) is 0 Å². The summed E-state index contributed by atoms with van der Waals surface area (Å²) in [6.45, 7) is 13.2. The minimum atomic E-state index is -1.20. The molecule has 2 N–H and O–H groups in total. The highest BCUT2D eigenvalue weighted by molar-refractivity contribution is 7.09. The summed E-state index contributed by atoms with van der Waals surface area (Å²) in [6, 6.07) is 0. The van der Waals surface area contributed by atoms with E-state index in [1.165, 1.54) is 0 Å². The summed E-state index contributed by atoms with van der Waals surface area (Å²) in [5, 5.41) is 24.7. The number of carbonyl (C=O) groups is 2. The smallest absolute Gasteiger partial charge is 0.309 e. The van der Waals surface area contributed by atoms with Gasteiger partial charge in [0.05, 0.1) is 34.7 Å². The van der Waals surface area contributed by atoms with Crippen molar-refractivity contribution in [1.29, 1.82) is 0 Å². The number of cyclic esters (lactones) is 1. The van der Waals surface area contributed by atoms with E-state index in [2.05, 4.69) is 11.9 Å². The van der Waals surface area contributed by atoms with Crippen molar-refractivity contribution in [2.24, 2.45) is 28.6 Å². The standard InChI is InChI=1S/C28H43NO5S/c1-16-9-8-10-28(7)14-20(28)12-22(17(2)11-21-15-35-19(4)29-21)34-24(31)13-23(30)27(5,6)26(33)18(3)25(16)32/h11,15-16,18,20,22-23,25,30,32H,8-10,12-14H2,1-7H3. The largest absolute Gasteiger partial charge is 0.458 e. The highest BCUT2D eigenvalue weighted by Gasteiger charge is 2.50. The number of thiazole rings is 1. The lowest BCUT2D eigenvalue weighted by Crippen LogP contribution is -2.45. The second-order valence-corrected chi connectivity index (χ2v) is 13.0. The molecule has 35 heavy (non-hydrogen) atoms. The molecule has 0 radical (unpaired) electrons. The number of aliphatic hydroxyl groups excluding tert-OH is 2. The Morgan fingerprint density at radius 2 is 1.91 bits per heavy atom. The third-order valence-electron chi connectivity index (χ3n) is 8.58. The molecule has 0 aromatic carbocycles. The Balaban J connectivity index is 1.85. The van der Waals surface area contributed by atoms with Gasteiger partial charge in [-0.3, -0.25) is 9.59 Å². The van der Waals surface area contributed by atoms with Crippen molar-refractivity contribution in [2.75, 3.05) is 0 Å². The Morgan fingerprint density at radius 1 is 1.23 bits per heavy atom. The number of ether oxygens (including phenoxy) is 1. The quantitative estimate of drug-likeness (QED) is 0.526. The van der Waals surface area contributed by atoms with E-state index in [1.54, 1.807) is 32.1 Å². The predicted molar refractivity (Wildman–Crippen MR) is 139 cm³/mol. The Labute approximate surface area is 214 Å². The molecule has 1 aliphatic heterocycles. The van der Waals surface area contributed by atoms with Crippen LogP contribution >= 0.6 is 11.3 Å². The summed E-state index contributed by atoms with van der Waals surface area (Å²) < 4.78 is 5.95. The number of esters is 1. The summed E-state index contributed by atoms with van der Waals surface area (Å²) in [7, 11) is 0. The molecule has 0 spiro atoms. The molecule has 7 unspecified atom stereocenters. The summed E-state index contributed by atoms with van der Waals surface area (Å²) in [5.74, 6) is -0.926. The lowest BCUT2D eigenvalue weighted by atomic mass is 9.73. The van der Waals surface area contributed by atoms with Gasteiger partial charge in [0.25, 0.3) is 0 Å². The van der Waals surface area contributed by atoms with Crippen LogP contribution in [0.25, 0.3) is 6.08 Å². The van der Waals surface area contributed by atoms with Crippen molar-refractivity contribution >= 4 is 29.2 Å². The number of aryl methyl sites for hydroxylation is 1. The highest BCUT2D eigenvalue weighted by Crippen LogP contribution is 2.58. The van der Waals surface area contributed by atoms with Gasteiger partial charge in [-0.25, -0.2) is 4.98 Å². The van der Waals surface area contributed by atoms with Crippen LogP contribution in [0.2, 0.25) is 0 Å². The maximum atomic E-state index is 13.2. The number of aromatic nitrogens is 1. The van der Waals surface area contributed by atoms with E-state index >= 15 is 0 Å². The SMILES string of the molecule is CC(=Cc1csc(C)n1)C1CC2CC2(C)CCCC(C)C(O)C(C)C(=O)C(C)(C)C(O)CC(=O)O1. The van der Waals surface area contributed by atoms with Crippen molar-refractivity contribution in [3.8, 4) is 0 Å². The lowest BCUT2D eigenvalue weighted by molar-refractivity contribution is -0.154. The van der Waals surface area contributed by atoms with Gasteiger partial charge in [0.1, 0.15) is 11.9 Å². The van der Waals surface area contributed by atoms with Crippen LogP contribution in [-0.4, -0.2) is 45.3 Å². The number of hydrogen-bond acceptors (Lipinski definition) is 7. The third-order valence-corrected chi connectivity index (χ3v) is 9.37. The average Bonchev–Trinajstić information content (AvgIpc) is 3.22. The monoisotopic (exact) mass is 505 g/mol. The highest BCUT2D eigenvalue weighted by atomic mass is 32.1. The molecule has 2 aliphatic rings. The van der Waals surface area contributed by atoms with Gasteiger partial charge < -0.3 is 14.9 Å². The zero-order chi connectivity index (χ0) is 26.1. The molecule has 6 nitrogen and oxygen atoms in total. The first-order chi connectivity index (χ1) is 16.2. The summed E-state index contributed by atoms with van der Waals surface area (Å²) >= 11 is 1.58. The Bertz CT molecular complexity index is 953. The number of fused-ring (bicyclic) bond motifs is 1. The summed E-state index contributed by atoms with van der Waals surface area (Å²) in [6.07, 6.45) is 4.06. The first-order valence-corrected chi connectivity index (χ1v) is 13.8. The minimum Gasteiger partial charge on any atom is -0.458 e. The van der Waals surface area contributed by atoms with E-state index in [9.17, 15) is 19.8 Å². The third kappa shape index (κ3) is 6.60. The van der Waals surface area contributed by atoms with Crippen LogP contribution in [0.15, 0.2) is 11.0 Å². The van der Waals surface area contributed by atoms with Gasteiger partial charge >= 0.3 is 5.97 Å². The van der Waals surface area contributed by atoms with Gasteiger partial charge in [-0.2, -0.15) is 0 Å². The van der Waals surface area contributed by atoms with Gasteiger partial charge in [0.15, 0.2) is 0 Å². The van der Waals surface area contributed by atoms with E-state index in [0.29, 0.717) is 5.92 Å². The van der Waals surface area contributed by atoms with Crippen LogP contribution in [0.5, 0.6) is 0 Å². The van der Waals surface area contributed by atoms with Crippen LogP contribution in [0.4, 0.5) is 0 Å². The van der Waals surface area contributed by atoms with E-state index in [0.717, 1.165) is 48.4 Å². The molecule has 196 valence electrons. The number of rotatable bonds is 2. The normalized spacial score (nSPS) is 37.5. The number of nitrogens with zero attached hydrogens (tertiary/aromatic N) is 1. The van der Waals surface area contributed by atoms with Crippen LogP contribution < -0.4 is 0 Å². The minimum absolute atomic E-state index is 0.0138. The van der Waals surface area contributed by atoms with Crippen LogP contribution in [0.1, 0.15) is 90.8 Å². The van der Waals surface area contributed by atoms with E-state index in [1.807, 2.05) is 32.2 Å². The predicted octanol–water partition coefficient (Wildman–Crippen LogP) is 5.35. The van der Waals surface area contributed by atoms with Crippen molar-refractivity contribution in [3.63, 3.8) is 0 Å².